The number of nitrogens with one attached hydrogen (secondary N) is 1. The number of carbonyl (C=O) groups excluding carboxylic acids is 2. The van der Waals surface area contributed by atoms with Gasteiger partial charge in [-0.15, -0.1) is 0 Å². The van der Waals surface area contributed by atoms with Crippen LogP contribution in [0.2, 0.25) is 0 Å². The number of nitrogens with zero attached hydrogens (tertiary/aromatic N) is 2. The SMILES string of the molecule is O=C(O)c1cccc(CCNC(=O)C2CCN(C(=O)N3CCCC3)CC2)c1. The van der Waals surface area contributed by atoms with Gasteiger partial charge in [0, 0.05) is 38.6 Å². The summed E-state index contributed by atoms with van der Waals surface area (Å²) in [7, 11) is 0. The number of benzene rings is 1. The van der Waals surface area contributed by atoms with Crippen molar-refractivity contribution in [3.63, 3.8) is 0 Å². The Balaban J connectivity index is 1.40. The van der Waals surface area contributed by atoms with E-state index in [0.717, 1.165) is 31.5 Å². The molecule has 7 heteroatoms. The van der Waals surface area contributed by atoms with Gasteiger partial charge in [-0.3, -0.25) is 4.79 Å². The van der Waals surface area contributed by atoms with Crippen LogP contribution in [-0.2, 0) is 11.2 Å². The summed E-state index contributed by atoms with van der Waals surface area (Å²) < 4.78 is 0. The molecule has 2 heterocycles. The molecule has 0 aromatic heterocycles. The summed E-state index contributed by atoms with van der Waals surface area (Å²) >= 11 is 0. The minimum Gasteiger partial charge on any atom is -0.478 e. The molecule has 2 aliphatic rings. The highest BCUT2D eigenvalue weighted by atomic mass is 16.4. The van der Waals surface area contributed by atoms with Gasteiger partial charge in [0.2, 0.25) is 5.91 Å². The minimum absolute atomic E-state index is 0.0256. The molecule has 7 nitrogen and oxygen atoms in total. The molecular formula is C20H27N3O4. The Morgan fingerprint density at radius 1 is 1.04 bits per heavy atom. The highest BCUT2D eigenvalue weighted by molar-refractivity contribution is 5.87. The molecule has 2 saturated heterocycles. The van der Waals surface area contributed by atoms with Gasteiger partial charge >= 0.3 is 12.0 Å². The van der Waals surface area contributed by atoms with Crippen LogP contribution in [0.3, 0.4) is 0 Å². The molecule has 0 bridgehead atoms. The largest absolute Gasteiger partial charge is 0.478 e. The first-order chi connectivity index (χ1) is 13.0. The molecule has 0 radical (unpaired) electrons. The van der Waals surface area contributed by atoms with E-state index in [0.29, 0.717) is 38.9 Å². The fourth-order valence-corrected chi connectivity index (χ4v) is 3.78. The first-order valence-corrected chi connectivity index (χ1v) is 9.68. The molecule has 146 valence electrons. The lowest BCUT2D eigenvalue weighted by molar-refractivity contribution is -0.126. The monoisotopic (exact) mass is 373 g/mol. The van der Waals surface area contributed by atoms with Crippen LogP contribution in [0.25, 0.3) is 0 Å². The van der Waals surface area contributed by atoms with Crippen LogP contribution in [0, 0.1) is 5.92 Å². The van der Waals surface area contributed by atoms with Crippen molar-refractivity contribution in [3.8, 4) is 0 Å². The van der Waals surface area contributed by atoms with Crippen LogP contribution < -0.4 is 5.32 Å². The molecule has 2 N–H and O–H groups in total. The second kappa shape index (κ2) is 8.88. The fourth-order valence-electron chi connectivity index (χ4n) is 3.78. The number of hydrogen-bond acceptors (Lipinski definition) is 3. The van der Waals surface area contributed by atoms with Gasteiger partial charge < -0.3 is 20.2 Å². The van der Waals surface area contributed by atoms with Crippen molar-refractivity contribution >= 4 is 17.9 Å². The molecular weight excluding hydrogens is 346 g/mol. The molecule has 0 saturated carbocycles. The van der Waals surface area contributed by atoms with Gasteiger partial charge in [-0.25, -0.2) is 9.59 Å². The van der Waals surface area contributed by atoms with E-state index in [2.05, 4.69) is 5.32 Å². The Morgan fingerprint density at radius 2 is 1.70 bits per heavy atom. The fraction of sp³-hybridized carbons (Fsp3) is 0.550. The Labute approximate surface area is 159 Å². The van der Waals surface area contributed by atoms with Gasteiger partial charge in [0.25, 0.3) is 0 Å². The van der Waals surface area contributed by atoms with Crippen molar-refractivity contribution in [1.82, 2.24) is 15.1 Å². The summed E-state index contributed by atoms with van der Waals surface area (Å²) in [4.78, 5) is 39.5. The highest BCUT2D eigenvalue weighted by Gasteiger charge is 2.30. The molecule has 0 spiro atoms. The second-order valence-corrected chi connectivity index (χ2v) is 7.28. The zero-order chi connectivity index (χ0) is 19.2. The number of carbonyl (C=O) groups is 3. The van der Waals surface area contributed by atoms with E-state index in [1.54, 1.807) is 18.2 Å². The summed E-state index contributed by atoms with van der Waals surface area (Å²) in [6.07, 6.45) is 4.15. The summed E-state index contributed by atoms with van der Waals surface area (Å²) in [6, 6.07) is 6.89. The maximum atomic E-state index is 12.4. The minimum atomic E-state index is -0.948. The van der Waals surface area contributed by atoms with Gasteiger partial charge in [0.1, 0.15) is 0 Å². The summed E-state index contributed by atoms with van der Waals surface area (Å²) in [5.41, 5.74) is 1.15. The molecule has 0 aliphatic carbocycles. The Kier molecular flexibility index (Phi) is 6.32. The predicted molar refractivity (Wildman–Crippen MR) is 101 cm³/mol. The van der Waals surface area contributed by atoms with Crippen molar-refractivity contribution in [2.24, 2.45) is 5.92 Å². The van der Waals surface area contributed by atoms with Crippen LogP contribution in [0.4, 0.5) is 4.79 Å². The van der Waals surface area contributed by atoms with Gasteiger partial charge in [-0.05, 0) is 49.8 Å². The zero-order valence-corrected chi connectivity index (χ0v) is 15.5. The summed E-state index contributed by atoms with van der Waals surface area (Å²) in [5, 5.41) is 12.0. The van der Waals surface area contributed by atoms with E-state index in [-0.39, 0.29) is 23.4 Å². The normalized spacial score (nSPS) is 17.8. The average Bonchev–Trinajstić information content (AvgIpc) is 3.22. The van der Waals surface area contributed by atoms with Crippen LogP contribution in [-0.4, -0.2) is 65.5 Å². The van der Waals surface area contributed by atoms with Crippen LogP contribution in [0.1, 0.15) is 41.6 Å². The molecule has 1 aromatic carbocycles. The number of urea groups is 1. The Hall–Kier alpha value is -2.57. The number of carboxylic acids is 1. The quantitative estimate of drug-likeness (QED) is 0.826. The lowest BCUT2D eigenvalue weighted by atomic mass is 9.96. The number of likely N-dealkylation sites (tertiary alicyclic amines) is 2. The lowest BCUT2D eigenvalue weighted by Crippen LogP contribution is -2.47. The van der Waals surface area contributed by atoms with Gasteiger partial charge in [-0.2, -0.15) is 0 Å². The van der Waals surface area contributed by atoms with Crippen LogP contribution in [0.5, 0.6) is 0 Å². The van der Waals surface area contributed by atoms with Crippen molar-refractivity contribution in [2.75, 3.05) is 32.7 Å². The van der Waals surface area contributed by atoms with Crippen molar-refractivity contribution in [3.05, 3.63) is 35.4 Å². The Bertz CT molecular complexity index is 692. The van der Waals surface area contributed by atoms with E-state index >= 15 is 0 Å². The van der Waals surface area contributed by atoms with Crippen molar-refractivity contribution in [1.29, 1.82) is 0 Å². The van der Waals surface area contributed by atoms with Crippen LogP contribution >= 0.6 is 0 Å². The van der Waals surface area contributed by atoms with Gasteiger partial charge in [-0.1, -0.05) is 12.1 Å². The average molecular weight is 373 g/mol. The molecule has 0 atom stereocenters. The van der Waals surface area contributed by atoms with Gasteiger partial charge in [0.05, 0.1) is 5.56 Å². The predicted octanol–water partition coefficient (Wildman–Crippen LogP) is 1.97. The number of hydrogen-bond donors (Lipinski definition) is 2. The molecule has 2 fully saturated rings. The molecule has 1 aromatic rings. The zero-order valence-electron chi connectivity index (χ0n) is 15.5. The number of piperidine rings is 1. The van der Waals surface area contributed by atoms with E-state index in [1.165, 1.54) is 0 Å². The number of amides is 3. The summed E-state index contributed by atoms with van der Waals surface area (Å²) in [5.74, 6) is -0.980. The third kappa shape index (κ3) is 4.99. The van der Waals surface area contributed by atoms with Crippen molar-refractivity contribution in [2.45, 2.75) is 32.1 Å². The molecule has 3 amide bonds. The number of rotatable bonds is 5. The first-order valence-electron chi connectivity index (χ1n) is 9.68. The second-order valence-electron chi connectivity index (χ2n) is 7.28. The molecule has 3 rings (SSSR count). The van der Waals surface area contributed by atoms with E-state index in [9.17, 15) is 14.4 Å². The third-order valence-electron chi connectivity index (χ3n) is 5.40. The number of carboxylic acid groups (broad SMARTS) is 1. The molecule has 0 unspecified atom stereocenters. The standard InChI is InChI=1S/C20H27N3O4/c24-18(21-9-6-15-4-3-5-17(14-15)19(25)26)16-7-12-23(13-8-16)20(27)22-10-1-2-11-22/h3-5,14,16H,1-2,6-13H2,(H,21,24)(H,25,26). The van der Waals surface area contributed by atoms with Crippen molar-refractivity contribution < 1.29 is 19.5 Å². The maximum absolute atomic E-state index is 12.4. The van der Waals surface area contributed by atoms with Gasteiger partial charge in [0.15, 0.2) is 0 Å². The smallest absolute Gasteiger partial charge is 0.335 e. The molecule has 27 heavy (non-hydrogen) atoms. The topological polar surface area (TPSA) is 90.0 Å². The third-order valence-corrected chi connectivity index (χ3v) is 5.40. The Morgan fingerprint density at radius 3 is 2.37 bits per heavy atom. The first kappa shape index (κ1) is 19.2. The van der Waals surface area contributed by atoms with E-state index in [4.69, 9.17) is 5.11 Å². The maximum Gasteiger partial charge on any atom is 0.335 e. The van der Waals surface area contributed by atoms with E-state index < -0.39 is 5.97 Å². The number of aromatic carboxylic acids is 1. The molecule has 2 aliphatic heterocycles. The van der Waals surface area contributed by atoms with Crippen LogP contribution in [0.15, 0.2) is 24.3 Å². The lowest BCUT2D eigenvalue weighted by Gasteiger charge is -2.34. The summed E-state index contributed by atoms with van der Waals surface area (Å²) in [6.45, 7) is 3.45. The van der Waals surface area contributed by atoms with E-state index in [1.807, 2.05) is 15.9 Å². The highest BCUT2D eigenvalue weighted by Crippen LogP contribution is 2.20.